The molecule has 0 aliphatic carbocycles. The van der Waals surface area contributed by atoms with Gasteiger partial charge in [-0.1, -0.05) is 78.9 Å². The highest BCUT2D eigenvalue weighted by molar-refractivity contribution is 5.88. The van der Waals surface area contributed by atoms with E-state index >= 15 is 0 Å². The number of alkyl carbamates (subject to hydrolysis) is 1. The zero-order chi connectivity index (χ0) is 24.7. The average molecular weight is 484 g/mol. The molecule has 3 aromatic carbocycles. The Morgan fingerprint density at radius 2 is 1.72 bits per heavy atom. The maximum atomic E-state index is 13.7. The molecular formula is C29H29N3O4. The number of aromatic amines is 1. The maximum absolute atomic E-state index is 13.7. The van der Waals surface area contributed by atoms with Gasteiger partial charge in [0.1, 0.15) is 18.8 Å². The molecule has 184 valence electrons. The van der Waals surface area contributed by atoms with Crippen molar-refractivity contribution in [1.82, 2.24) is 15.2 Å². The van der Waals surface area contributed by atoms with Crippen LogP contribution in [0.1, 0.15) is 22.8 Å². The molecule has 1 fully saturated rings. The number of morpholine rings is 1. The van der Waals surface area contributed by atoms with Crippen LogP contribution in [0, 0.1) is 0 Å². The molecule has 0 spiro atoms. The van der Waals surface area contributed by atoms with Gasteiger partial charge in [0.15, 0.2) is 0 Å². The van der Waals surface area contributed by atoms with Crippen LogP contribution in [-0.2, 0) is 27.3 Å². The van der Waals surface area contributed by atoms with Crippen LogP contribution in [0.25, 0.3) is 10.9 Å². The van der Waals surface area contributed by atoms with Gasteiger partial charge in [-0.05, 0) is 22.8 Å². The molecule has 0 unspecified atom stereocenters. The number of ether oxygens (including phenoxy) is 2. The first-order valence-electron chi connectivity index (χ1n) is 12.1. The lowest BCUT2D eigenvalue weighted by Gasteiger charge is -2.35. The fourth-order valence-corrected chi connectivity index (χ4v) is 4.57. The maximum Gasteiger partial charge on any atom is 0.408 e. The first kappa shape index (κ1) is 23.6. The number of hydrogen-bond acceptors (Lipinski definition) is 4. The number of benzene rings is 3. The van der Waals surface area contributed by atoms with Gasteiger partial charge in [0, 0.05) is 30.1 Å². The summed E-state index contributed by atoms with van der Waals surface area (Å²) in [6, 6.07) is 26.5. The van der Waals surface area contributed by atoms with E-state index in [2.05, 4.69) is 10.3 Å². The van der Waals surface area contributed by atoms with Crippen LogP contribution in [0.2, 0.25) is 0 Å². The van der Waals surface area contributed by atoms with Crippen molar-refractivity contribution < 1.29 is 19.1 Å². The van der Waals surface area contributed by atoms with Crippen molar-refractivity contribution in [3.05, 3.63) is 108 Å². The highest BCUT2D eigenvalue weighted by Crippen LogP contribution is 2.24. The van der Waals surface area contributed by atoms with Crippen molar-refractivity contribution in [1.29, 1.82) is 0 Å². The minimum atomic E-state index is -0.776. The second-order valence-electron chi connectivity index (χ2n) is 8.88. The Labute approximate surface area is 210 Å². The molecule has 1 saturated heterocycles. The van der Waals surface area contributed by atoms with Crippen LogP contribution in [-0.4, -0.2) is 47.6 Å². The van der Waals surface area contributed by atoms with E-state index in [1.165, 1.54) is 0 Å². The topological polar surface area (TPSA) is 83.7 Å². The third kappa shape index (κ3) is 5.58. The Hall–Kier alpha value is -4.10. The van der Waals surface area contributed by atoms with E-state index in [-0.39, 0.29) is 18.6 Å². The van der Waals surface area contributed by atoms with Gasteiger partial charge in [-0.15, -0.1) is 0 Å². The number of aromatic nitrogens is 1. The first-order valence-corrected chi connectivity index (χ1v) is 12.1. The fraction of sp³-hybridized carbons (Fsp3) is 0.241. The van der Waals surface area contributed by atoms with Crippen molar-refractivity contribution in [2.75, 3.05) is 19.7 Å². The molecule has 0 bridgehead atoms. The number of carbonyl (C=O) groups is 2. The summed E-state index contributed by atoms with van der Waals surface area (Å²) in [4.78, 5) is 31.5. The molecule has 2 atom stereocenters. The Kier molecular flexibility index (Phi) is 7.28. The van der Waals surface area contributed by atoms with Gasteiger partial charge in [0.2, 0.25) is 5.91 Å². The van der Waals surface area contributed by atoms with Crippen LogP contribution in [0.4, 0.5) is 4.79 Å². The summed E-state index contributed by atoms with van der Waals surface area (Å²) in [6.45, 7) is 1.46. The number of nitrogens with zero attached hydrogens (tertiary/aromatic N) is 1. The average Bonchev–Trinajstić information content (AvgIpc) is 3.35. The van der Waals surface area contributed by atoms with E-state index in [4.69, 9.17) is 9.47 Å². The van der Waals surface area contributed by atoms with Crippen LogP contribution in [0.3, 0.4) is 0 Å². The molecule has 7 nitrogen and oxygen atoms in total. The Morgan fingerprint density at radius 1 is 1.00 bits per heavy atom. The minimum Gasteiger partial charge on any atom is -0.445 e. The molecule has 2 heterocycles. The molecule has 1 aliphatic heterocycles. The quantitative estimate of drug-likeness (QED) is 0.402. The zero-order valence-electron chi connectivity index (χ0n) is 19.9. The minimum absolute atomic E-state index is 0.133. The molecule has 1 aromatic heterocycles. The van der Waals surface area contributed by atoms with E-state index in [1.807, 2.05) is 91.1 Å². The van der Waals surface area contributed by atoms with E-state index in [0.29, 0.717) is 26.1 Å². The van der Waals surface area contributed by atoms with Gasteiger partial charge < -0.3 is 24.7 Å². The van der Waals surface area contributed by atoms with E-state index in [0.717, 1.165) is 27.6 Å². The highest BCUT2D eigenvalue weighted by atomic mass is 16.5. The number of carbonyl (C=O) groups excluding carboxylic acids is 2. The number of para-hydroxylation sites is 1. The zero-order valence-corrected chi connectivity index (χ0v) is 19.9. The van der Waals surface area contributed by atoms with Crippen molar-refractivity contribution >= 4 is 22.9 Å². The molecule has 0 saturated carbocycles. The number of nitrogens with one attached hydrogen (secondary N) is 2. The van der Waals surface area contributed by atoms with Crippen LogP contribution in [0.15, 0.2) is 91.1 Å². The van der Waals surface area contributed by atoms with Gasteiger partial charge in [0.25, 0.3) is 0 Å². The standard InChI is InChI=1S/C29H29N3O4/c33-28(32-15-16-35-27(19-32)22-11-5-2-6-12-22)26(17-23-18-30-25-14-8-7-13-24(23)25)31-29(34)36-20-21-9-3-1-4-10-21/h1-14,18,26-27,30H,15-17,19-20H2,(H,31,34)/t26-,27+/m1/s1. The second-order valence-corrected chi connectivity index (χ2v) is 8.88. The van der Waals surface area contributed by atoms with Crippen LogP contribution >= 0.6 is 0 Å². The van der Waals surface area contributed by atoms with Crippen molar-refractivity contribution in [3.63, 3.8) is 0 Å². The largest absolute Gasteiger partial charge is 0.445 e. The molecule has 1 aliphatic rings. The number of fused-ring (bicyclic) bond motifs is 1. The Balaban J connectivity index is 1.32. The summed E-state index contributed by atoms with van der Waals surface area (Å²) in [6.07, 6.45) is 1.41. The lowest BCUT2D eigenvalue weighted by atomic mass is 10.0. The summed E-state index contributed by atoms with van der Waals surface area (Å²) in [5.41, 5.74) is 3.85. The first-order chi connectivity index (χ1) is 17.7. The molecule has 0 radical (unpaired) electrons. The number of rotatable bonds is 7. The van der Waals surface area contributed by atoms with Crippen molar-refractivity contribution in [2.24, 2.45) is 0 Å². The van der Waals surface area contributed by atoms with E-state index in [9.17, 15) is 9.59 Å². The van der Waals surface area contributed by atoms with Crippen LogP contribution < -0.4 is 5.32 Å². The summed E-state index contributed by atoms with van der Waals surface area (Å²) < 4.78 is 11.4. The van der Waals surface area contributed by atoms with Gasteiger partial charge in [-0.2, -0.15) is 0 Å². The van der Waals surface area contributed by atoms with Crippen molar-refractivity contribution in [3.8, 4) is 0 Å². The van der Waals surface area contributed by atoms with E-state index in [1.54, 1.807) is 4.90 Å². The molecule has 36 heavy (non-hydrogen) atoms. The van der Waals surface area contributed by atoms with Gasteiger partial charge >= 0.3 is 6.09 Å². The van der Waals surface area contributed by atoms with Crippen LogP contribution in [0.5, 0.6) is 0 Å². The van der Waals surface area contributed by atoms with Crippen molar-refractivity contribution in [2.45, 2.75) is 25.2 Å². The Bertz CT molecular complexity index is 1310. The number of hydrogen-bond donors (Lipinski definition) is 2. The lowest BCUT2D eigenvalue weighted by molar-refractivity contribution is -0.141. The lowest BCUT2D eigenvalue weighted by Crippen LogP contribution is -2.53. The smallest absolute Gasteiger partial charge is 0.408 e. The summed E-state index contributed by atoms with van der Waals surface area (Å²) in [7, 11) is 0. The third-order valence-electron chi connectivity index (χ3n) is 6.45. The SMILES string of the molecule is O=C(N[C@H](Cc1c[nH]c2ccccc12)C(=O)N1CCO[C@H](c2ccccc2)C1)OCc1ccccc1. The van der Waals surface area contributed by atoms with Gasteiger partial charge in [-0.25, -0.2) is 4.79 Å². The molecule has 2 N–H and O–H groups in total. The molecule has 5 rings (SSSR count). The second kappa shape index (κ2) is 11.1. The summed E-state index contributed by atoms with van der Waals surface area (Å²) in [5, 5.41) is 3.86. The molecule has 4 aromatic rings. The number of H-pyrrole nitrogens is 1. The van der Waals surface area contributed by atoms with E-state index < -0.39 is 12.1 Å². The normalized spacial score (nSPS) is 16.4. The predicted octanol–water partition coefficient (Wildman–Crippen LogP) is 4.61. The molecule has 7 heteroatoms. The molecule has 2 amide bonds. The van der Waals surface area contributed by atoms with Gasteiger partial charge in [-0.3, -0.25) is 4.79 Å². The highest BCUT2D eigenvalue weighted by Gasteiger charge is 2.32. The predicted molar refractivity (Wildman–Crippen MR) is 137 cm³/mol. The Morgan fingerprint density at radius 3 is 2.53 bits per heavy atom. The summed E-state index contributed by atoms with van der Waals surface area (Å²) >= 11 is 0. The van der Waals surface area contributed by atoms with Gasteiger partial charge in [0.05, 0.1) is 13.2 Å². The molecular weight excluding hydrogens is 454 g/mol. The number of amides is 2. The monoisotopic (exact) mass is 483 g/mol. The third-order valence-corrected chi connectivity index (χ3v) is 6.45. The summed E-state index contributed by atoms with van der Waals surface area (Å²) in [5.74, 6) is -0.152. The fourth-order valence-electron chi connectivity index (χ4n) is 4.57.